The summed E-state index contributed by atoms with van der Waals surface area (Å²) in [6, 6.07) is 13.1. The summed E-state index contributed by atoms with van der Waals surface area (Å²) in [5.41, 5.74) is 4.09. The molecule has 3 rings (SSSR count). The van der Waals surface area contributed by atoms with E-state index in [1.165, 1.54) is 36.6 Å². The van der Waals surface area contributed by atoms with E-state index < -0.39 is 0 Å². The standard InChI is InChI=1S/C18H19NS2/c1-12-8-9-13(2)18-17(12)16(11-20-18)21-15-7-5-4-6-14(15)10-19-3/h4-9,11,19H,10H2,1-3H3. The molecule has 108 valence electrons. The molecule has 0 amide bonds. The van der Waals surface area contributed by atoms with Gasteiger partial charge in [-0.05, 0) is 43.7 Å². The molecule has 0 saturated heterocycles. The highest BCUT2D eigenvalue weighted by atomic mass is 32.2. The normalized spacial score (nSPS) is 11.2. The van der Waals surface area contributed by atoms with E-state index in [1.54, 1.807) is 0 Å². The van der Waals surface area contributed by atoms with Gasteiger partial charge in [0.2, 0.25) is 0 Å². The van der Waals surface area contributed by atoms with Crippen LogP contribution in [0.5, 0.6) is 0 Å². The van der Waals surface area contributed by atoms with Crippen LogP contribution in [0.15, 0.2) is 51.6 Å². The van der Waals surface area contributed by atoms with Gasteiger partial charge in [0.25, 0.3) is 0 Å². The summed E-state index contributed by atoms with van der Waals surface area (Å²) in [5.74, 6) is 0. The molecule has 0 unspecified atom stereocenters. The lowest BCUT2D eigenvalue weighted by Gasteiger charge is -2.09. The molecular weight excluding hydrogens is 294 g/mol. The number of fused-ring (bicyclic) bond motifs is 1. The van der Waals surface area contributed by atoms with Crippen LogP contribution in [0.25, 0.3) is 10.1 Å². The second kappa shape index (κ2) is 6.22. The van der Waals surface area contributed by atoms with Crippen LogP contribution in [0.1, 0.15) is 16.7 Å². The second-order valence-electron chi connectivity index (χ2n) is 5.24. The smallest absolute Gasteiger partial charge is 0.0386 e. The highest BCUT2D eigenvalue weighted by Crippen LogP contribution is 2.41. The van der Waals surface area contributed by atoms with Crippen molar-refractivity contribution in [3.8, 4) is 0 Å². The third kappa shape index (κ3) is 2.86. The Morgan fingerprint density at radius 3 is 2.57 bits per heavy atom. The third-order valence-corrected chi connectivity index (χ3v) is 6.08. The zero-order valence-corrected chi connectivity index (χ0v) is 14.2. The zero-order valence-electron chi connectivity index (χ0n) is 12.6. The molecule has 0 spiro atoms. The molecule has 0 radical (unpaired) electrons. The highest BCUT2D eigenvalue weighted by molar-refractivity contribution is 7.99. The van der Waals surface area contributed by atoms with E-state index in [0.717, 1.165) is 6.54 Å². The van der Waals surface area contributed by atoms with Gasteiger partial charge in [0.05, 0.1) is 0 Å². The summed E-state index contributed by atoms with van der Waals surface area (Å²) in [5, 5.41) is 6.97. The summed E-state index contributed by atoms with van der Waals surface area (Å²) < 4.78 is 1.42. The summed E-state index contributed by atoms with van der Waals surface area (Å²) in [4.78, 5) is 2.72. The molecule has 0 aliphatic carbocycles. The number of thiophene rings is 1. The van der Waals surface area contributed by atoms with Gasteiger partial charge in [-0.15, -0.1) is 11.3 Å². The third-order valence-electron chi connectivity index (χ3n) is 3.65. The molecular formula is C18H19NS2. The molecule has 1 heterocycles. The Balaban J connectivity index is 2.05. The molecule has 0 saturated carbocycles. The van der Waals surface area contributed by atoms with Crippen molar-refractivity contribution >= 4 is 33.2 Å². The summed E-state index contributed by atoms with van der Waals surface area (Å²) in [7, 11) is 1.99. The van der Waals surface area contributed by atoms with Crippen LogP contribution in [-0.4, -0.2) is 7.05 Å². The fraction of sp³-hybridized carbons (Fsp3) is 0.222. The van der Waals surface area contributed by atoms with Crippen LogP contribution in [0.2, 0.25) is 0 Å². The lowest BCUT2D eigenvalue weighted by Crippen LogP contribution is -2.05. The van der Waals surface area contributed by atoms with E-state index in [9.17, 15) is 0 Å². The van der Waals surface area contributed by atoms with Gasteiger partial charge in [0.15, 0.2) is 0 Å². The molecule has 0 aliphatic heterocycles. The quantitative estimate of drug-likeness (QED) is 0.693. The fourth-order valence-corrected chi connectivity index (χ4v) is 4.95. The van der Waals surface area contributed by atoms with E-state index in [4.69, 9.17) is 0 Å². The van der Waals surface area contributed by atoms with Gasteiger partial charge < -0.3 is 5.32 Å². The number of rotatable bonds is 4. The van der Waals surface area contributed by atoms with Gasteiger partial charge in [-0.25, -0.2) is 0 Å². The Hall–Kier alpha value is -1.29. The van der Waals surface area contributed by atoms with Crippen LogP contribution < -0.4 is 5.32 Å². The Morgan fingerprint density at radius 1 is 1.00 bits per heavy atom. The van der Waals surface area contributed by atoms with Crippen LogP contribution in [-0.2, 0) is 6.54 Å². The molecule has 1 aromatic heterocycles. The van der Waals surface area contributed by atoms with Gasteiger partial charge in [0.1, 0.15) is 0 Å². The van der Waals surface area contributed by atoms with Crippen LogP contribution in [0.4, 0.5) is 0 Å². The van der Waals surface area contributed by atoms with E-state index in [-0.39, 0.29) is 0 Å². The van der Waals surface area contributed by atoms with Crippen molar-refractivity contribution in [1.29, 1.82) is 0 Å². The average molecular weight is 313 g/mol. The van der Waals surface area contributed by atoms with Gasteiger partial charge in [-0.3, -0.25) is 0 Å². The molecule has 2 aromatic carbocycles. The average Bonchev–Trinajstić information content (AvgIpc) is 2.90. The topological polar surface area (TPSA) is 12.0 Å². The van der Waals surface area contributed by atoms with Crippen LogP contribution in [0, 0.1) is 13.8 Å². The van der Waals surface area contributed by atoms with Gasteiger partial charge in [-0.2, -0.15) is 0 Å². The number of aryl methyl sites for hydroxylation is 2. The highest BCUT2D eigenvalue weighted by Gasteiger charge is 2.11. The van der Waals surface area contributed by atoms with Crippen molar-refractivity contribution in [2.45, 2.75) is 30.2 Å². The van der Waals surface area contributed by atoms with Gasteiger partial charge in [-0.1, -0.05) is 42.1 Å². The van der Waals surface area contributed by atoms with Crippen molar-refractivity contribution in [3.63, 3.8) is 0 Å². The molecule has 1 N–H and O–H groups in total. The molecule has 0 fully saturated rings. The molecule has 0 bridgehead atoms. The van der Waals surface area contributed by atoms with Crippen molar-refractivity contribution in [3.05, 3.63) is 58.5 Å². The van der Waals surface area contributed by atoms with E-state index in [0.29, 0.717) is 0 Å². The first-order chi connectivity index (χ1) is 10.2. The van der Waals surface area contributed by atoms with E-state index in [1.807, 2.05) is 30.1 Å². The molecule has 0 aliphatic rings. The summed E-state index contributed by atoms with van der Waals surface area (Å²) in [6.07, 6.45) is 0. The van der Waals surface area contributed by atoms with Crippen LogP contribution >= 0.6 is 23.1 Å². The minimum atomic E-state index is 0.906. The van der Waals surface area contributed by atoms with E-state index >= 15 is 0 Å². The summed E-state index contributed by atoms with van der Waals surface area (Å²) in [6.45, 7) is 5.31. The number of nitrogens with one attached hydrogen (secondary N) is 1. The molecule has 0 atom stereocenters. The first-order valence-corrected chi connectivity index (χ1v) is 8.78. The number of hydrogen-bond donors (Lipinski definition) is 1. The monoisotopic (exact) mass is 313 g/mol. The minimum absolute atomic E-state index is 0.906. The largest absolute Gasteiger partial charge is 0.316 e. The predicted octanol–water partition coefficient (Wildman–Crippen LogP) is 5.39. The van der Waals surface area contributed by atoms with E-state index in [2.05, 4.69) is 60.9 Å². The number of hydrogen-bond acceptors (Lipinski definition) is 3. The lowest BCUT2D eigenvalue weighted by atomic mass is 10.1. The Morgan fingerprint density at radius 2 is 1.76 bits per heavy atom. The maximum Gasteiger partial charge on any atom is 0.0386 e. The molecule has 3 aromatic rings. The Bertz CT molecular complexity index is 774. The van der Waals surface area contributed by atoms with Crippen LogP contribution in [0.3, 0.4) is 0 Å². The molecule has 1 nitrogen and oxygen atoms in total. The first kappa shape index (κ1) is 14.6. The predicted molar refractivity (Wildman–Crippen MR) is 94.6 cm³/mol. The zero-order chi connectivity index (χ0) is 14.8. The Labute approximate surface area is 134 Å². The first-order valence-electron chi connectivity index (χ1n) is 7.08. The van der Waals surface area contributed by atoms with Crippen molar-refractivity contribution < 1.29 is 0 Å². The fourth-order valence-electron chi connectivity index (χ4n) is 2.55. The van der Waals surface area contributed by atoms with Crippen molar-refractivity contribution in [1.82, 2.24) is 5.32 Å². The van der Waals surface area contributed by atoms with Gasteiger partial charge >= 0.3 is 0 Å². The molecule has 3 heteroatoms. The van der Waals surface area contributed by atoms with Gasteiger partial charge in [0, 0.05) is 31.8 Å². The molecule has 21 heavy (non-hydrogen) atoms. The maximum atomic E-state index is 3.25. The van der Waals surface area contributed by atoms with Crippen molar-refractivity contribution in [2.24, 2.45) is 0 Å². The lowest BCUT2D eigenvalue weighted by molar-refractivity contribution is 0.803. The minimum Gasteiger partial charge on any atom is -0.316 e. The van der Waals surface area contributed by atoms with Crippen molar-refractivity contribution in [2.75, 3.05) is 7.05 Å². The second-order valence-corrected chi connectivity index (χ2v) is 7.21. The Kier molecular flexibility index (Phi) is 4.34. The maximum absolute atomic E-state index is 3.25. The summed E-state index contributed by atoms with van der Waals surface area (Å²) >= 11 is 3.74. The number of benzene rings is 2. The SMILES string of the molecule is CNCc1ccccc1Sc1csc2c(C)ccc(C)c12.